The van der Waals surface area contributed by atoms with Gasteiger partial charge in [-0.3, -0.25) is 19.3 Å². The lowest BCUT2D eigenvalue weighted by Crippen LogP contribution is -2.57. The van der Waals surface area contributed by atoms with Crippen LogP contribution in [0.25, 0.3) is 0 Å². The Morgan fingerprint density at radius 2 is 1.82 bits per heavy atom. The van der Waals surface area contributed by atoms with Crippen molar-refractivity contribution in [3.8, 4) is 0 Å². The molecule has 7 nitrogen and oxygen atoms in total. The second-order valence-corrected chi connectivity index (χ2v) is 8.98. The Balaban J connectivity index is 1.56. The number of benzene rings is 1. The van der Waals surface area contributed by atoms with E-state index >= 15 is 0 Å². The monoisotopic (exact) mass is 464 g/mol. The average molecular weight is 465 g/mol. The van der Waals surface area contributed by atoms with E-state index in [1.807, 2.05) is 0 Å². The Hall–Kier alpha value is -2.55. The molecule has 3 aliphatic rings. The van der Waals surface area contributed by atoms with Crippen LogP contribution in [0.4, 0.5) is 8.78 Å². The fraction of sp³-hybridized carbons (Fsp3) is 0.625. The maximum atomic E-state index is 14.5. The highest BCUT2D eigenvalue weighted by Crippen LogP contribution is 2.42. The molecule has 1 atom stereocenters. The first-order valence-electron chi connectivity index (χ1n) is 11.7. The molecule has 9 heteroatoms. The smallest absolute Gasteiger partial charge is 0.309 e. The van der Waals surface area contributed by atoms with Crippen LogP contribution in [0, 0.1) is 17.6 Å². The second-order valence-electron chi connectivity index (χ2n) is 8.98. The third-order valence-electron chi connectivity index (χ3n) is 6.99. The van der Waals surface area contributed by atoms with E-state index in [1.165, 1.54) is 4.90 Å². The number of nitrogens with zero attached hydrogens (tertiary/aromatic N) is 2. The summed E-state index contributed by atoms with van der Waals surface area (Å²) < 4.78 is 39.1. The maximum Gasteiger partial charge on any atom is 0.309 e. The van der Waals surface area contributed by atoms with Crippen LogP contribution in [-0.4, -0.2) is 65.7 Å². The molecule has 1 unspecified atom stereocenters. The SMILES string of the molecule is CCOC(=O)C1CCN(C(=O)C2COC3(CCCCC3)N2C(=O)c2ccc(F)cc2F)CC1. The molecule has 1 aromatic carbocycles. The zero-order valence-corrected chi connectivity index (χ0v) is 18.9. The van der Waals surface area contributed by atoms with Crippen LogP contribution in [0.1, 0.15) is 62.2 Å². The Kier molecular flexibility index (Phi) is 6.97. The van der Waals surface area contributed by atoms with Gasteiger partial charge in [0.25, 0.3) is 5.91 Å². The number of likely N-dealkylation sites (tertiary alicyclic amines) is 1. The summed E-state index contributed by atoms with van der Waals surface area (Å²) in [5, 5.41) is 0. The van der Waals surface area contributed by atoms with E-state index in [-0.39, 0.29) is 30.0 Å². The molecule has 180 valence electrons. The van der Waals surface area contributed by atoms with Crippen LogP contribution in [0.2, 0.25) is 0 Å². The third-order valence-corrected chi connectivity index (χ3v) is 6.99. The summed E-state index contributed by atoms with van der Waals surface area (Å²) in [5.74, 6) is -3.16. The van der Waals surface area contributed by atoms with Crippen LogP contribution in [0.3, 0.4) is 0 Å². The molecule has 0 bridgehead atoms. The average Bonchev–Trinajstić information content (AvgIpc) is 3.17. The van der Waals surface area contributed by atoms with Crippen molar-refractivity contribution < 1.29 is 32.6 Å². The standard InChI is InChI=1S/C24H30F2N2O5/c1-2-32-23(31)16-8-12-27(13-9-16)22(30)20-15-33-24(10-4-3-5-11-24)28(20)21(29)18-7-6-17(25)14-19(18)26/h6-7,14,16,20H,2-5,8-13,15H2,1H3. The van der Waals surface area contributed by atoms with Gasteiger partial charge in [-0.25, -0.2) is 8.78 Å². The molecule has 2 heterocycles. The van der Waals surface area contributed by atoms with Gasteiger partial charge < -0.3 is 14.4 Å². The molecule has 1 saturated carbocycles. The van der Waals surface area contributed by atoms with Crippen molar-refractivity contribution in [2.24, 2.45) is 5.92 Å². The van der Waals surface area contributed by atoms with E-state index in [0.717, 1.165) is 31.4 Å². The predicted octanol–water partition coefficient (Wildman–Crippen LogP) is 3.27. The number of amides is 2. The highest BCUT2D eigenvalue weighted by atomic mass is 19.1. The fourth-order valence-electron chi connectivity index (χ4n) is 5.26. The van der Waals surface area contributed by atoms with Crippen molar-refractivity contribution in [3.63, 3.8) is 0 Å². The van der Waals surface area contributed by atoms with Crippen molar-refractivity contribution in [3.05, 3.63) is 35.4 Å². The number of piperidine rings is 1. The molecule has 33 heavy (non-hydrogen) atoms. The lowest BCUT2D eigenvalue weighted by Gasteiger charge is -2.42. The lowest BCUT2D eigenvalue weighted by molar-refractivity contribution is -0.151. The van der Waals surface area contributed by atoms with Gasteiger partial charge in [0.15, 0.2) is 0 Å². The minimum absolute atomic E-state index is 0.0329. The van der Waals surface area contributed by atoms with Gasteiger partial charge in [-0.05, 0) is 57.6 Å². The van der Waals surface area contributed by atoms with E-state index in [9.17, 15) is 23.2 Å². The molecule has 0 aromatic heterocycles. The predicted molar refractivity (Wildman–Crippen MR) is 114 cm³/mol. The Labute approximate surface area is 192 Å². The van der Waals surface area contributed by atoms with Crippen LogP contribution in [0.5, 0.6) is 0 Å². The van der Waals surface area contributed by atoms with Crippen LogP contribution in [0.15, 0.2) is 18.2 Å². The van der Waals surface area contributed by atoms with E-state index < -0.39 is 29.3 Å². The number of carbonyl (C=O) groups excluding carboxylic acids is 3. The first-order valence-corrected chi connectivity index (χ1v) is 11.7. The quantitative estimate of drug-likeness (QED) is 0.640. The van der Waals surface area contributed by atoms with Gasteiger partial charge in [0.1, 0.15) is 23.4 Å². The van der Waals surface area contributed by atoms with Gasteiger partial charge in [0.2, 0.25) is 5.91 Å². The summed E-state index contributed by atoms with van der Waals surface area (Å²) in [6, 6.07) is 1.94. The molecule has 2 saturated heterocycles. The number of rotatable bonds is 4. The minimum Gasteiger partial charge on any atom is -0.466 e. The molecule has 1 aliphatic carbocycles. The maximum absolute atomic E-state index is 14.5. The number of carbonyl (C=O) groups is 3. The molecular weight excluding hydrogens is 434 g/mol. The van der Waals surface area contributed by atoms with E-state index in [4.69, 9.17) is 9.47 Å². The summed E-state index contributed by atoms with van der Waals surface area (Å²) in [5.41, 5.74) is -1.23. The van der Waals surface area contributed by atoms with E-state index in [2.05, 4.69) is 0 Å². The third kappa shape index (κ3) is 4.60. The molecule has 1 spiro atoms. The van der Waals surface area contributed by atoms with Crippen LogP contribution < -0.4 is 0 Å². The van der Waals surface area contributed by atoms with Gasteiger partial charge in [-0.15, -0.1) is 0 Å². The molecule has 1 aromatic rings. The first kappa shape index (κ1) is 23.6. The molecule has 0 radical (unpaired) electrons. The number of esters is 1. The zero-order chi connectivity index (χ0) is 23.6. The number of hydrogen-bond acceptors (Lipinski definition) is 5. The van der Waals surface area contributed by atoms with Gasteiger partial charge in [-0.1, -0.05) is 6.42 Å². The molecule has 4 rings (SSSR count). The van der Waals surface area contributed by atoms with E-state index in [1.54, 1.807) is 11.8 Å². The van der Waals surface area contributed by atoms with Crippen LogP contribution in [-0.2, 0) is 19.1 Å². The largest absolute Gasteiger partial charge is 0.466 e. The van der Waals surface area contributed by atoms with Crippen molar-refractivity contribution in [2.75, 3.05) is 26.3 Å². The Morgan fingerprint density at radius 1 is 1.12 bits per heavy atom. The summed E-state index contributed by atoms with van der Waals surface area (Å²) in [6.07, 6.45) is 4.78. The van der Waals surface area contributed by atoms with Gasteiger partial charge in [0.05, 0.1) is 24.7 Å². The molecule has 2 aliphatic heterocycles. The molecule has 2 amide bonds. The summed E-state index contributed by atoms with van der Waals surface area (Å²) in [6.45, 7) is 2.85. The number of halogens is 2. The summed E-state index contributed by atoms with van der Waals surface area (Å²) in [7, 11) is 0. The molecule has 3 fully saturated rings. The van der Waals surface area contributed by atoms with Gasteiger partial charge in [-0.2, -0.15) is 0 Å². The van der Waals surface area contributed by atoms with Gasteiger partial charge >= 0.3 is 5.97 Å². The number of hydrogen-bond donors (Lipinski definition) is 0. The second kappa shape index (κ2) is 9.75. The molecular formula is C24H30F2N2O5. The van der Waals surface area contributed by atoms with Crippen molar-refractivity contribution >= 4 is 17.8 Å². The molecule has 0 N–H and O–H groups in total. The summed E-state index contributed by atoms with van der Waals surface area (Å²) >= 11 is 0. The van der Waals surface area contributed by atoms with Gasteiger partial charge in [0, 0.05) is 19.2 Å². The zero-order valence-electron chi connectivity index (χ0n) is 18.9. The topological polar surface area (TPSA) is 76.2 Å². The first-order chi connectivity index (χ1) is 15.9. The summed E-state index contributed by atoms with van der Waals surface area (Å²) in [4.78, 5) is 42.1. The van der Waals surface area contributed by atoms with Crippen molar-refractivity contribution in [2.45, 2.75) is 63.6 Å². The highest BCUT2D eigenvalue weighted by molar-refractivity contribution is 5.98. The Morgan fingerprint density at radius 3 is 2.45 bits per heavy atom. The minimum atomic E-state index is -0.959. The number of ether oxygens (including phenoxy) is 2. The van der Waals surface area contributed by atoms with Crippen LogP contribution >= 0.6 is 0 Å². The van der Waals surface area contributed by atoms with Crippen molar-refractivity contribution in [1.29, 1.82) is 0 Å². The lowest BCUT2D eigenvalue weighted by atomic mass is 9.89. The van der Waals surface area contributed by atoms with E-state index in [0.29, 0.717) is 51.4 Å². The highest BCUT2D eigenvalue weighted by Gasteiger charge is 2.54. The fourth-order valence-corrected chi connectivity index (χ4v) is 5.26. The normalized spacial score (nSPS) is 23.1. The van der Waals surface area contributed by atoms with Crippen molar-refractivity contribution in [1.82, 2.24) is 9.80 Å². The Bertz CT molecular complexity index is 910.